The molecule has 1 aromatic rings. The zero-order chi connectivity index (χ0) is 14.2. The summed E-state index contributed by atoms with van der Waals surface area (Å²) in [6.07, 6.45) is -2.28. The van der Waals surface area contributed by atoms with Crippen LogP contribution >= 0.6 is 0 Å². The molecule has 2 rings (SSSR count). The summed E-state index contributed by atoms with van der Waals surface area (Å²) in [7, 11) is 2.90. The molecule has 19 heavy (non-hydrogen) atoms. The maximum Gasteiger partial charge on any atom is 0.420 e. The van der Waals surface area contributed by atoms with Crippen LogP contribution in [0.25, 0.3) is 0 Å². The van der Waals surface area contributed by atoms with Gasteiger partial charge in [0, 0.05) is 14.1 Å². The smallest absolute Gasteiger partial charge is 0.420 e. The van der Waals surface area contributed by atoms with Crippen LogP contribution in [0.1, 0.15) is 28.9 Å². The molecular weight excluding hydrogens is 261 g/mol. The van der Waals surface area contributed by atoms with Crippen LogP contribution in [0.2, 0.25) is 0 Å². The third-order valence-corrected chi connectivity index (χ3v) is 2.62. The van der Waals surface area contributed by atoms with Gasteiger partial charge >= 0.3 is 6.18 Å². The van der Waals surface area contributed by atoms with E-state index in [2.05, 4.69) is 4.98 Å². The Kier molecular flexibility index (Phi) is 3.38. The molecule has 0 radical (unpaired) electrons. The number of aromatic nitrogens is 1. The second kappa shape index (κ2) is 4.71. The van der Waals surface area contributed by atoms with Gasteiger partial charge in [0.2, 0.25) is 0 Å². The van der Waals surface area contributed by atoms with Crippen LogP contribution in [-0.4, -0.2) is 36.0 Å². The highest BCUT2D eigenvalue weighted by Gasteiger charge is 2.37. The van der Waals surface area contributed by atoms with Crippen molar-refractivity contribution in [2.75, 3.05) is 14.1 Å². The number of pyridine rings is 1. The molecule has 0 unspecified atom stereocenters. The van der Waals surface area contributed by atoms with Crippen LogP contribution in [-0.2, 0) is 6.18 Å². The Hall–Kier alpha value is -1.79. The van der Waals surface area contributed by atoms with Gasteiger partial charge in [0.05, 0.1) is 12.3 Å². The highest BCUT2D eigenvalue weighted by atomic mass is 19.4. The van der Waals surface area contributed by atoms with E-state index in [0.29, 0.717) is 0 Å². The normalized spacial score (nSPS) is 15.2. The lowest BCUT2D eigenvalue weighted by molar-refractivity contribution is -0.139. The van der Waals surface area contributed by atoms with Crippen molar-refractivity contribution in [2.24, 2.45) is 0 Å². The van der Waals surface area contributed by atoms with Crippen LogP contribution < -0.4 is 4.74 Å². The molecule has 0 aliphatic heterocycles. The van der Waals surface area contributed by atoms with Gasteiger partial charge in [-0.3, -0.25) is 4.79 Å². The zero-order valence-electron chi connectivity index (χ0n) is 10.5. The van der Waals surface area contributed by atoms with Gasteiger partial charge in [0.15, 0.2) is 0 Å². The number of carbonyl (C=O) groups excluding carboxylic acids is 1. The molecule has 0 N–H and O–H groups in total. The van der Waals surface area contributed by atoms with Gasteiger partial charge in [0.1, 0.15) is 17.0 Å². The molecule has 1 fully saturated rings. The van der Waals surface area contributed by atoms with Crippen LogP contribution in [0, 0.1) is 0 Å². The summed E-state index contributed by atoms with van der Waals surface area (Å²) >= 11 is 0. The Balaban J connectivity index is 2.37. The molecule has 0 bridgehead atoms. The molecule has 1 aliphatic carbocycles. The molecule has 1 saturated carbocycles. The molecule has 1 aromatic heterocycles. The SMILES string of the molecule is CN(C)C(=O)c1cc(C(F)(F)F)c(OC2CC2)cn1. The number of amides is 1. The number of hydrogen-bond donors (Lipinski definition) is 0. The standard InChI is InChI=1S/C12H13F3N2O2/c1-17(2)11(18)9-5-8(12(13,14)15)10(6-16-9)19-7-3-4-7/h5-7H,3-4H2,1-2H3. The summed E-state index contributed by atoms with van der Waals surface area (Å²) in [6.45, 7) is 0. The Bertz CT molecular complexity index is 496. The van der Waals surface area contributed by atoms with Crippen molar-refractivity contribution in [3.8, 4) is 5.75 Å². The molecule has 7 heteroatoms. The first-order chi connectivity index (χ1) is 8.79. The fourth-order valence-electron chi connectivity index (χ4n) is 1.47. The van der Waals surface area contributed by atoms with Gasteiger partial charge in [-0.15, -0.1) is 0 Å². The highest BCUT2D eigenvalue weighted by Crippen LogP contribution is 2.38. The van der Waals surface area contributed by atoms with Crippen molar-refractivity contribution in [1.29, 1.82) is 0 Å². The number of alkyl halides is 3. The lowest BCUT2D eigenvalue weighted by atomic mass is 10.2. The fraction of sp³-hybridized carbons (Fsp3) is 0.500. The van der Waals surface area contributed by atoms with Crippen molar-refractivity contribution in [3.05, 3.63) is 23.5 Å². The minimum absolute atomic E-state index is 0.168. The highest BCUT2D eigenvalue weighted by molar-refractivity contribution is 5.92. The third-order valence-electron chi connectivity index (χ3n) is 2.62. The minimum Gasteiger partial charge on any atom is -0.488 e. The lowest BCUT2D eigenvalue weighted by Gasteiger charge is -2.15. The summed E-state index contributed by atoms with van der Waals surface area (Å²) in [4.78, 5) is 16.5. The van der Waals surface area contributed by atoms with Gasteiger partial charge < -0.3 is 9.64 Å². The summed E-state index contributed by atoms with van der Waals surface area (Å²) in [5.41, 5.74) is -1.21. The van der Waals surface area contributed by atoms with E-state index >= 15 is 0 Å². The summed E-state index contributed by atoms with van der Waals surface area (Å²) < 4.78 is 44.0. The van der Waals surface area contributed by atoms with E-state index in [1.54, 1.807) is 0 Å². The Morgan fingerprint density at radius 2 is 2.05 bits per heavy atom. The molecule has 0 spiro atoms. The van der Waals surface area contributed by atoms with Gasteiger partial charge in [-0.2, -0.15) is 13.2 Å². The minimum atomic E-state index is -4.57. The number of halogens is 3. The van der Waals surface area contributed by atoms with Crippen LogP contribution in [0.15, 0.2) is 12.3 Å². The average Bonchev–Trinajstić information content (AvgIpc) is 3.11. The Labute approximate surface area is 108 Å². The first-order valence-corrected chi connectivity index (χ1v) is 5.74. The molecule has 1 amide bonds. The second-order valence-corrected chi connectivity index (χ2v) is 4.58. The Morgan fingerprint density at radius 1 is 1.42 bits per heavy atom. The molecule has 1 aliphatic rings. The van der Waals surface area contributed by atoms with Gasteiger partial charge in [-0.05, 0) is 18.9 Å². The van der Waals surface area contributed by atoms with E-state index in [1.807, 2.05) is 0 Å². The molecule has 0 atom stereocenters. The van der Waals surface area contributed by atoms with E-state index in [4.69, 9.17) is 4.74 Å². The van der Waals surface area contributed by atoms with E-state index < -0.39 is 17.6 Å². The predicted molar refractivity (Wildman–Crippen MR) is 60.9 cm³/mol. The maximum atomic E-state index is 12.9. The van der Waals surface area contributed by atoms with Crippen LogP contribution in [0.4, 0.5) is 13.2 Å². The molecule has 4 nitrogen and oxygen atoms in total. The van der Waals surface area contributed by atoms with E-state index in [0.717, 1.165) is 25.1 Å². The quantitative estimate of drug-likeness (QED) is 0.849. The van der Waals surface area contributed by atoms with E-state index in [-0.39, 0.29) is 17.5 Å². The lowest BCUT2D eigenvalue weighted by Crippen LogP contribution is -2.23. The van der Waals surface area contributed by atoms with Gasteiger partial charge in [0.25, 0.3) is 5.91 Å². The van der Waals surface area contributed by atoms with Gasteiger partial charge in [-0.25, -0.2) is 4.98 Å². The second-order valence-electron chi connectivity index (χ2n) is 4.58. The number of hydrogen-bond acceptors (Lipinski definition) is 3. The van der Waals surface area contributed by atoms with Crippen molar-refractivity contribution in [1.82, 2.24) is 9.88 Å². The van der Waals surface area contributed by atoms with E-state index in [1.165, 1.54) is 19.0 Å². The fourth-order valence-corrected chi connectivity index (χ4v) is 1.47. The van der Waals surface area contributed by atoms with Crippen molar-refractivity contribution in [2.45, 2.75) is 25.1 Å². The van der Waals surface area contributed by atoms with Crippen molar-refractivity contribution >= 4 is 5.91 Å². The Morgan fingerprint density at radius 3 is 2.53 bits per heavy atom. The molecular formula is C12H13F3N2O2. The van der Waals surface area contributed by atoms with Crippen LogP contribution in [0.5, 0.6) is 5.75 Å². The molecule has 104 valence electrons. The van der Waals surface area contributed by atoms with Crippen molar-refractivity contribution < 1.29 is 22.7 Å². The first kappa shape index (κ1) is 13.6. The zero-order valence-corrected chi connectivity index (χ0v) is 10.5. The summed E-state index contributed by atoms with van der Waals surface area (Å²) in [5.74, 6) is -0.895. The largest absolute Gasteiger partial charge is 0.488 e. The number of nitrogens with zero attached hydrogens (tertiary/aromatic N) is 2. The monoisotopic (exact) mass is 274 g/mol. The third kappa shape index (κ3) is 3.15. The van der Waals surface area contributed by atoms with E-state index in [9.17, 15) is 18.0 Å². The molecule has 0 saturated heterocycles. The first-order valence-electron chi connectivity index (χ1n) is 5.74. The summed E-state index contributed by atoms with van der Waals surface area (Å²) in [6, 6.07) is 0.736. The van der Waals surface area contributed by atoms with Crippen molar-refractivity contribution in [3.63, 3.8) is 0 Å². The average molecular weight is 274 g/mol. The van der Waals surface area contributed by atoms with Gasteiger partial charge in [-0.1, -0.05) is 0 Å². The topological polar surface area (TPSA) is 42.4 Å². The summed E-state index contributed by atoms with van der Waals surface area (Å²) in [5, 5.41) is 0. The number of rotatable bonds is 3. The molecule has 1 heterocycles. The van der Waals surface area contributed by atoms with Crippen LogP contribution in [0.3, 0.4) is 0 Å². The maximum absolute atomic E-state index is 12.9. The molecule has 0 aromatic carbocycles. The number of carbonyl (C=O) groups is 1. The predicted octanol–water partition coefficient (Wildman–Crippen LogP) is 2.34. The number of ether oxygens (including phenoxy) is 1.